The van der Waals surface area contributed by atoms with Crippen molar-refractivity contribution in [1.82, 2.24) is 10.2 Å². The number of nitrogens with zero attached hydrogens (tertiary/aromatic N) is 1. The fraction of sp³-hybridized carbons (Fsp3) is 0.875. The summed E-state index contributed by atoms with van der Waals surface area (Å²) in [4.78, 5) is 27.9. The van der Waals surface area contributed by atoms with Gasteiger partial charge >= 0.3 is 0 Å². The summed E-state index contributed by atoms with van der Waals surface area (Å²) in [5, 5.41) is 3.08. The van der Waals surface area contributed by atoms with Crippen LogP contribution in [0.4, 0.5) is 0 Å². The van der Waals surface area contributed by atoms with E-state index in [1.54, 1.807) is 0 Å². The summed E-state index contributed by atoms with van der Waals surface area (Å²) < 4.78 is 0. The maximum absolute atomic E-state index is 13.0. The third-order valence-electron chi connectivity index (χ3n) is 5.89. The number of carbonyl (C=O) groups is 2. The summed E-state index contributed by atoms with van der Waals surface area (Å²) in [6.07, 6.45) is 10.7. The van der Waals surface area contributed by atoms with Crippen molar-refractivity contribution >= 4 is 11.8 Å². The van der Waals surface area contributed by atoms with Gasteiger partial charge in [0.25, 0.3) is 0 Å². The zero-order valence-corrected chi connectivity index (χ0v) is 12.1. The largest absolute Gasteiger partial charge is 0.342 e. The van der Waals surface area contributed by atoms with Crippen LogP contribution in [0.5, 0.6) is 0 Å². The zero-order valence-electron chi connectivity index (χ0n) is 12.1. The SMILES string of the molecule is O=C1C(C2CC2)NC(=O)C2(CCCC2)N1C1CCCC1. The molecule has 1 aliphatic heterocycles. The number of hydrogen-bond donors (Lipinski definition) is 1. The highest BCUT2D eigenvalue weighted by Crippen LogP contribution is 2.45. The molecule has 0 bridgehead atoms. The first-order chi connectivity index (χ1) is 9.72. The Morgan fingerprint density at radius 3 is 2.20 bits per heavy atom. The van der Waals surface area contributed by atoms with E-state index in [9.17, 15) is 9.59 Å². The molecule has 4 fully saturated rings. The molecule has 20 heavy (non-hydrogen) atoms. The monoisotopic (exact) mass is 276 g/mol. The molecule has 3 aliphatic carbocycles. The van der Waals surface area contributed by atoms with E-state index < -0.39 is 5.54 Å². The van der Waals surface area contributed by atoms with E-state index in [1.807, 2.05) is 0 Å². The summed E-state index contributed by atoms with van der Waals surface area (Å²) in [6, 6.07) is 0.113. The minimum absolute atomic E-state index is 0.151. The van der Waals surface area contributed by atoms with Crippen molar-refractivity contribution < 1.29 is 9.59 Å². The molecule has 0 aromatic carbocycles. The smallest absolute Gasteiger partial charge is 0.246 e. The fourth-order valence-electron chi connectivity index (χ4n) is 4.68. The van der Waals surface area contributed by atoms with Gasteiger partial charge in [-0.25, -0.2) is 0 Å². The number of amides is 2. The Hall–Kier alpha value is -1.06. The van der Waals surface area contributed by atoms with E-state index >= 15 is 0 Å². The summed E-state index contributed by atoms with van der Waals surface area (Å²) >= 11 is 0. The van der Waals surface area contributed by atoms with Gasteiger partial charge in [0.05, 0.1) is 0 Å². The lowest BCUT2D eigenvalue weighted by atomic mass is 9.86. The predicted octanol–water partition coefficient (Wildman–Crippen LogP) is 1.98. The quantitative estimate of drug-likeness (QED) is 0.838. The lowest BCUT2D eigenvalue weighted by molar-refractivity contribution is -0.161. The standard InChI is InChI=1S/C16H24N2O2/c19-14-13(11-7-8-11)17-15(20)16(9-3-4-10-16)18(14)12-5-1-2-6-12/h11-13H,1-10H2,(H,17,20). The average Bonchev–Trinajstić information content (AvgIpc) is 2.94. The van der Waals surface area contributed by atoms with Crippen LogP contribution in [0, 0.1) is 5.92 Å². The fourth-order valence-corrected chi connectivity index (χ4v) is 4.68. The van der Waals surface area contributed by atoms with Crippen molar-refractivity contribution in [1.29, 1.82) is 0 Å². The molecule has 4 rings (SSSR count). The van der Waals surface area contributed by atoms with Gasteiger partial charge in [0.2, 0.25) is 11.8 Å². The molecule has 3 saturated carbocycles. The first kappa shape index (κ1) is 12.7. The number of hydrogen-bond acceptors (Lipinski definition) is 2. The highest BCUT2D eigenvalue weighted by molar-refractivity contribution is 6.00. The summed E-state index contributed by atoms with van der Waals surface area (Å²) in [5.74, 6) is 0.799. The van der Waals surface area contributed by atoms with Crippen LogP contribution >= 0.6 is 0 Å². The number of piperazine rings is 1. The summed E-state index contributed by atoms with van der Waals surface area (Å²) in [7, 11) is 0. The highest BCUT2D eigenvalue weighted by Gasteiger charge is 2.58. The Kier molecular flexibility index (Phi) is 2.83. The molecule has 1 spiro atoms. The Morgan fingerprint density at radius 1 is 0.950 bits per heavy atom. The second-order valence-electron chi connectivity index (χ2n) is 7.17. The van der Waals surface area contributed by atoms with Crippen LogP contribution in [0.15, 0.2) is 0 Å². The Morgan fingerprint density at radius 2 is 1.60 bits per heavy atom. The Balaban J connectivity index is 1.69. The number of carbonyl (C=O) groups excluding carboxylic acids is 2. The lowest BCUT2D eigenvalue weighted by Gasteiger charge is -2.49. The van der Waals surface area contributed by atoms with Gasteiger partial charge in [-0.1, -0.05) is 25.7 Å². The summed E-state index contributed by atoms with van der Waals surface area (Å²) in [5.41, 5.74) is -0.489. The molecule has 1 N–H and O–H groups in total. The molecule has 1 heterocycles. The second-order valence-corrected chi connectivity index (χ2v) is 7.17. The third-order valence-corrected chi connectivity index (χ3v) is 5.89. The van der Waals surface area contributed by atoms with Crippen LogP contribution in [0.25, 0.3) is 0 Å². The molecule has 4 aliphatic rings. The van der Waals surface area contributed by atoms with Crippen LogP contribution in [-0.2, 0) is 9.59 Å². The van der Waals surface area contributed by atoms with E-state index in [4.69, 9.17) is 0 Å². The Bertz CT molecular complexity index is 432. The molecule has 2 amide bonds. The van der Waals surface area contributed by atoms with Gasteiger partial charge in [-0.05, 0) is 44.4 Å². The van der Waals surface area contributed by atoms with Gasteiger partial charge < -0.3 is 10.2 Å². The Labute approximate surface area is 120 Å². The lowest BCUT2D eigenvalue weighted by Crippen LogP contribution is -2.72. The van der Waals surface area contributed by atoms with Crippen molar-refractivity contribution in [2.45, 2.75) is 81.8 Å². The topological polar surface area (TPSA) is 49.4 Å². The molecular weight excluding hydrogens is 252 g/mol. The van der Waals surface area contributed by atoms with Crippen molar-refractivity contribution in [2.75, 3.05) is 0 Å². The van der Waals surface area contributed by atoms with Gasteiger partial charge in [0, 0.05) is 6.04 Å². The maximum atomic E-state index is 13.0. The van der Waals surface area contributed by atoms with Crippen molar-refractivity contribution in [3.8, 4) is 0 Å². The second kappa shape index (κ2) is 4.47. The maximum Gasteiger partial charge on any atom is 0.246 e. The molecule has 0 aromatic heterocycles. The van der Waals surface area contributed by atoms with E-state index in [0.717, 1.165) is 51.4 Å². The molecule has 1 atom stereocenters. The molecule has 1 unspecified atom stereocenters. The van der Waals surface area contributed by atoms with Gasteiger partial charge in [0.1, 0.15) is 11.6 Å². The van der Waals surface area contributed by atoms with E-state index in [2.05, 4.69) is 10.2 Å². The van der Waals surface area contributed by atoms with Crippen molar-refractivity contribution in [3.63, 3.8) is 0 Å². The van der Waals surface area contributed by atoms with Crippen LogP contribution in [0.3, 0.4) is 0 Å². The van der Waals surface area contributed by atoms with Crippen LogP contribution in [0.2, 0.25) is 0 Å². The van der Waals surface area contributed by atoms with Gasteiger partial charge in [-0.3, -0.25) is 9.59 Å². The molecular formula is C16H24N2O2. The molecule has 1 saturated heterocycles. The molecule has 0 radical (unpaired) electrons. The first-order valence-corrected chi connectivity index (χ1v) is 8.36. The van der Waals surface area contributed by atoms with Crippen molar-refractivity contribution in [2.24, 2.45) is 5.92 Å². The summed E-state index contributed by atoms with van der Waals surface area (Å²) in [6.45, 7) is 0. The van der Waals surface area contributed by atoms with E-state index in [0.29, 0.717) is 12.0 Å². The molecule has 110 valence electrons. The number of rotatable bonds is 2. The zero-order chi connectivity index (χ0) is 13.7. The molecule has 0 aromatic rings. The molecule has 4 nitrogen and oxygen atoms in total. The minimum atomic E-state index is -0.489. The van der Waals surface area contributed by atoms with Gasteiger partial charge in [0.15, 0.2) is 0 Å². The first-order valence-electron chi connectivity index (χ1n) is 8.36. The average molecular weight is 276 g/mol. The van der Waals surface area contributed by atoms with Crippen LogP contribution < -0.4 is 5.32 Å². The van der Waals surface area contributed by atoms with E-state index in [-0.39, 0.29) is 17.9 Å². The van der Waals surface area contributed by atoms with Crippen molar-refractivity contribution in [3.05, 3.63) is 0 Å². The molecule has 4 heteroatoms. The van der Waals surface area contributed by atoms with Gasteiger partial charge in [-0.15, -0.1) is 0 Å². The minimum Gasteiger partial charge on any atom is -0.342 e. The van der Waals surface area contributed by atoms with E-state index in [1.165, 1.54) is 12.8 Å². The normalized spacial score (nSPS) is 34.0. The van der Waals surface area contributed by atoms with Crippen LogP contribution in [0.1, 0.15) is 64.2 Å². The highest BCUT2D eigenvalue weighted by atomic mass is 16.2. The predicted molar refractivity (Wildman–Crippen MR) is 75.0 cm³/mol. The number of nitrogens with one attached hydrogen (secondary N) is 1. The van der Waals surface area contributed by atoms with Gasteiger partial charge in [-0.2, -0.15) is 0 Å². The van der Waals surface area contributed by atoms with Crippen LogP contribution in [-0.4, -0.2) is 34.3 Å². The third kappa shape index (κ3) is 1.73.